The van der Waals surface area contributed by atoms with Crippen LogP contribution in [0.15, 0.2) is 24.3 Å². The van der Waals surface area contributed by atoms with Crippen molar-refractivity contribution in [2.24, 2.45) is 5.92 Å². The topological polar surface area (TPSA) is 60.9 Å². The van der Waals surface area contributed by atoms with Gasteiger partial charge < -0.3 is 9.80 Å². The van der Waals surface area contributed by atoms with E-state index in [1.54, 1.807) is 36.2 Å². The second-order valence-corrected chi connectivity index (χ2v) is 7.14. The van der Waals surface area contributed by atoms with E-state index in [0.717, 1.165) is 25.7 Å². The standard InChI is InChI=1S/C18H22ClN3O3/c1-20(18(25)13-4-2-3-5-13)10-16(23)21-11-17(24)22(12-21)15-8-6-14(19)7-9-15/h6-9,13H,2-5,10-12H2,1H3. The van der Waals surface area contributed by atoms with Crippen LogP contribution in [0.3, 0.4) is 0 Å². The van der Waals surface area contributed by atoms with E-state index in [9.17, 15) is 14.4 Å². The maximum absolute atomic E-state index is 12.5. The lowest BCUT2D eigenvalue weighted by molar-refractivity contribution is -0.141. The number of benzene rings is 1. The Morgan fingerprint density at radius 2 is 1.84 bits per heavy atom. The average molecular weight is 364 g/mol. The zero-order valence-electron chi connectivity index (χ0n) is 14.3. The predicted molar refractivity (Wildman–Crippen MR) is 95.1 cm³/mol. The maximum atomic E-state index is 12.5. The van der Waals surface area contributed by atoms with Gasteiger partial charge in [0.15, 0.2) is 0 Å². The molecule has 2 fully saturated rings. The summed E-state index contributed by atoms with van der Waals surface area (Å²) in [6.07, 6.45) is 3.97. The van der Waals surface area contributed by atoms with E-state index in [0.29, 0.717) is 10.7 Å². The van der Waals surface area contributed by atoms with Crippen LogP contribution in [-0.2, 0) is 14.4 Å². The molecule has 0 unspecified atom stereocenters. The van der Waals surface area contributed by atoms with Crippen LogP contribution in [0.2, 0.25) is 5.02 Å². The first kappa shape index (κ1) is 17.7. The molecule has 0 atom stereocenters. The summed E-state index contributed by atoms with van der Waals surface area (Å²) in [5.74, 6) is -0.270. The minimum Gasteiger partial charge on any atom is -0.336 e. The zero-order chi connectivity index (χ0) is 18.0. The smallest absolute Gasteiger partial charge is 0.248 e. The number of rotatable bonds is 4. The molecular formula is C18H22ClN3O3. The van der Waals surface area contributed by atoms with E-state index >= 15 is 0 Å². The second kappa shape index (κ2) is 7.44. The van der Waals surface area contributed by atoms with Crippen molar-refractivity contribution in [3.8, 4) is 0 Å². The summed E-state index contributed by atoms with van der Waals surface area (Å²) in [6.45, 7) is 0.245. The molecule has 134 valence electrons. The van der Waals surface area contributed by atoms with Crippen molar-refractivity contribution < 1.29 is 14.4 Å². The summed E-state index contributed by atoms with van der Waals surface area (Å²) in [6, 6.07) is 6.93. The first-order chi connectivity index (χ1) is 12.0. The van der Waals surface area contributed by atoms with Crippen molar-refractivity contribution in [1.29, 1.82) is 0 Å². The molecule has 25 heavy (non-hydrogen) atoms. The van der Waals surface area contributed by atoms with Gasteiger partial charge in [-0.25, -0.2) is 0 Å². The van der Waals surface area contributed by atoms with E-state index < -0.39 is 0 Å². The first-order valence-corrected chi connectivity index (χ1v) is 8.92. The molecular weight excluding hydrogens is 342 g/mol. The zero-order valence-corrected chi connectivity index (χ0v) is 15.0. The molecule has 1 aromatic rings. The minimum absolute atomic E-state index is 0.0110. The molecule has 1 saturated heterocycles. The molecule has 0 spiro atoms. The van der Waals surface area contributed by atoms with Gasteiger partial charge >= 0.3 is 0 Å². The third kappa shape index (κ3) is 3.95. The van der Waals surface area contributed by atoms with Gasteiger partial charge in [-0.3, -0.25) is 19.3 Å². The number of hydrogen-bond donors (Lipinski definition) is 0. The lowest BCUT2D eigenvalue weighted by atomic mass is 10.1. The van der Waals surface area contributed by atoms with Crippen LogP contribution in [0.4, 0.5) is 5.69 Å². The lowest BCUT2D eigenvalue weighted by Crippen LogP contribution is -2.42. The molecule has 1 heterocycles. The Hall–Kier alpha value is -2.08. The molecule has 0 aromatic heterocycles. The number of anilines is 1. The summed E-state index contributed by atoms with van der Waals surface area (Å²) in [5.41, 5.74) is 0.708. The van der Waals surface area contributed by atoms with E-state index in [2.05, 4.69) is 0 Å². The Morgan fingerprint density at radius 1 is 1.20 bits per heavy atom. The van der Waals surface area contributed by atoms with Crippen molar-refractivity contribution in [3.63, 3.8) is 0 Å². The number of halogens is 1. The molecule has 1 saturated carbocycles. The molecule has 1 aromatic carbocycles. The van der Waals surface area contributed by atoms with Crippen LogP contribution in [0, 0.1) is 5.92 Å². The fraction of sp³-hybridized carbons (Fsp3) is 0.500. The number of carbonyl (C=O) groups is 3. The van der Waals surface area contributed by atoms with Crippen LogP contribution in [0.25, 0.3) is 0 Å². The SMILES string of the molecule is CN(CC(=O)N1CC(=O)N(c2ccc(Cl)cc2)C1)C(=O)C1CCCC1. The molecule has 6 nitrogen and oxygen atoms in total. The number of amides is 3. The normalized spacial score (nSPS) is 18.1. The molecule has 0 radical (unpaired) electrons. The van der Waals surface area contributed by atoms with Crippen LogP contribution in [0.1, 0.15) is 25.7 Å². The lowest BCUT2D eigenvalue weighted by Gasteiger charge is -2.23. The van der Waals surface area contributed by atoms with Gasteiger partial charge in [-0.2, -0.15) is 0 Å². The van der Waals surface area contributed by atoms with E-state index in [-0.39, 0.29) is 43.4 Å². The van der Waals surface area contributed by atoms with Crippen LogP contribution >= 0.6 is 11.6 Å². The highest BCUT2D eigenvalue weighted by atomic mass is 35.5. The number of carbonyl (C=O) groups excluding carboxylic acids is 3. The molecule has 3 rings (SSSR count). The number of hydrogen-bond acceptors (Lipinski definition) is 3. The largest absolute Gasteiger partial charge is 0.336 e. The molecule has 0 bridgehead atoms. The van der Waals surface area contributed by atoms with E-state index in [1.165, 1.54) is 9.80 Å². The predicted octanol–water partition coefficient (Wildman–Crippen LogP) is 2.12. The third-order valence-electron chi connectivity index (χ3n) is 4.88. The molecule has 2 aliphatic rings. The molecule has 3 amide bonds. The van der Waals surface area contributed by atoms with E-state index in [4.69, 9.17) is 11.6 Å². The third-order valence-corrected chi connectivity index (χ3v) is 5.14. The quantitative estimate of drug-likeness (QED) is 0.823. The van der Waals surface area contributed by atoms with Gasteiger partial charge in [0.25, 0.3) is 0 Å². The van der Waals surface area contributed by atoms with E-state index in [1.807, 2.05) is 0 Å². The second-order valence-electron chi connectivity index (χ2n) is 6.71. The van der Waals surface area contributed by atoms with Gasteiger partial charge in [0.05, 0.1) is 6.54 Å². The fourth-order valence-corrected chi connectivity index (χ4v) is 3.55. The molecule has 0 N–H and O–H groups in total. The Kier molecular flexibility index (Phi) is 5.27. The average Bonchev–Trinajstić information content (AvgIpc) is 3.24. The van der Waals surface area contributed by atoms with Crippen LogP contribution in [-0.4, -0.2) is 54.3 Å². The first-order valence-electron chi connectivity index (χ1n) is 8.54. The Balaban J connectivity index is 1.58. The van der Waals surface area contributed by atoms with Crippen molar-refractivity contribution in [2.75, 3.05) is 31.7 Å². The van der Waals surface area contributed by atoms with Crippen molar-refractivity contribution in [3.05, 3.63) is 29.3 Å². The summed E-state index contributed by atoms with van der Waals surface area (Å²) < 4.78 is 0. The minimum atomic E-state index is -0.210. The summed E-state index contributed by atoms with van der Waals surface area (Å²) in [5, 5.41) is 0.593. The summed E-state index contributed by atoms with van der Waals surface area (Å²) in [4.78, 5) is 41.6. The Bertz CT molecular complexity index is 671. The maximum Gasteiger partial charge on any atom is 0.248 e. The van der Waals surface area contributed by atoms with Gasteiger partial charge in [-0.1, -0.05) is 24.4 Å². The Labute approximate surface area is 152 Å². The van der Waals surface area contributed by atoms with Crippen LogP contribution in [0.5, 0.6) is 0 Å². The fourth-order valence-electron chi connectivity index (χ4n) is 3.43. The van der Waals surface area contributed by atoms with Crippen LogP contribution < -0.4 is 4.90 Å². The van der Waals surface area contributed by atoms with Gasteiger partial charge in [-0.15, -0.1) is 0 Å². The number of nitrogens with zero attached hydrogens (tertiary/aromatic N) is 3. The van der Waals surface area contributed by atoms with Gasteiger partial charge in [0.2, 0.25) is 17.7 Å². The van der Waals surface area contributed by atoms with Gasteiger partial charge in [0, 0.05) is 23.7 Å². The molecule has 7 heteroatoms. The molecule has 1 aliphatic carbocycles. The Morgan fingerprint density at radius 3 is 2.48 bits per heavy atom. The summed E-state index contributed by atoms with van der Waals surface area (Å²) in [7, 11) is 1.66. The highest BCUT2D eigenvalue weighted by molar-refractivity contribution is 6.30. The van der Waals surface area contributed by atoms with Crippen molar-refractivity contribution in [2.45, 2.75) is 25.7 Å². The van der Waals surface area contributed by atoms with Gasteiger partial charge in [-0.05, 0) is 37.1 Å². The summed E-state index contributed by atoms with van der Waals surface area (Å²) >= 11 is 5.87. The highest BCUT2D eigenvalue weighted by Crippen LogP contribution is 2.26. The number of likely N-dealkylation sites (N-methyl/N-ethyl adjacent to an activating group) is 1. The van der Waals surface area contributed by atoms with Crippen molar-refractivity contribution >= 4 is 35.0 Å². The van der Waals surface area contributed by atoms with Crippen molar-refractivity contribution in [1.82, 2.24) is 9.80 Å². The highest BCUT2D eigenvalue weighted by Gasteiger charge is 2.33. The monoisotopic (exact) mass is 363 g/mol. The van der Waals surface area contributed by atoms with Gasteiger partial charge in [0.1, 0.15) is 13.2 Å². The molecule has 1 aliphatic heterocycles.